The average molecular weight is 447 g/mol. The van der Waals surface area contributed by atoms with Crippen LogP contribution in [-0.2, 0) is 16.1 Å². The number of benzene rings is 3. The highest BCUT2D eigenvalue weighted by Gasteiger charge is 2.40. The highest BCUT2D eigenvalue weighted by Crippen LogP contribution is 2.35. The lowest BCUT2D eigenvalue weighted by molar-refractivity contribution is -0.137. The molecule has 1 aliphatic rings. The van der Waals surface area contributed by atoms with E-state index in [0.717, 1.165) is 11.1 Å². The standard InChI is InChI=1S/C26H23ClN2O3/c1-16-12-13-19(17(2)14-16)23-24(28-21-10-6-7-11-22(21)32-3)26(31)29(25(23)30)15-18-8-4-5-9-20(18)27/h4-14,28H,15H2,1-3H3. The molecule has 2 amide bonds. The number of nitrogens with one attached hydrogen (secondary N) is 1. The van der Waals surface area contributed by atoms with E-state index in [9.17, 15) is 9.59 Å². The van der Waals surface area contributed by atoms with Gasteiger partial charge in [-0.3, -0.25) is 14.5 Å². The molecule has 0 saturated heterocycles. The lowest BCUT2D eigenvalue weighted by Crippen LogP contribution is -2.32. The Morgan fingerprint density at radius 3 is 2.38 bits per heavy atom. The van der Waals surface area contributed by atoms with E-state index in [1.807, 2.05) is 62.4 Å². The molecule has 0 aromatic heterocycles. The number of ether oxygens (including phenoxy) is 1. The van der Waals surface area contributed by atoms with Crippen LogP contribution in [0.15, 0.2) is 72.4 Å². The number of anilines is 1. The van der Waals surface area contributed by atoms with Crippen molar-refractivity contribution in [2.75, 3.05) is 12.4 Å². The van der Waals surface area contributed by atoms with Gasteiger partial charge in [0, 0.05) is 5.02 Å². The third-order valence-electron chi connectivity index (χ3n) is 5.47. The molecule has 5 nitrogen and oxygen atoms in total. The Morgan fingerprint density at radius 2 is 1.66 bits per heavy atom. The van der Waals surface area contributed by atoms with Crippen LogP contribution >= 0.6 is 11.6 Å². The van der Waals surface area contributed by atoms with Gasteiger partial charge in [-0.15, -0.1) is 0 Å². The quantitative estimate of drug-likeness (QED) is 0.518. The largest absolute Gasteiger partial charge is 0.495 e. The summed E-state index contributed by atoms with van der Waals surface area (Å²) in [4.78, 5) is 28.3. The number of aryl methyl sites for hydroxylation is 2. The van der Waals surface area contributed by atoms with Crippen LogP contribution in [0.2, 0.25) is 5.02 Å². The molecule has 0 aliphatic carbocycles. The first-order chi connectivity index (χ1) is 15.4. The van der Waals surface area contributed by atoms with Crippen LogP contribution in [-0.4, -0.2) is 23.8 Å². The molecule has 4 rings (SSSR count). The average Bonchev–Trinajstić information content (AvgIpc) is 3.00. The molecule has 0 unspecified atom stereocenters. The highest BCUT2D eigenvalue weighted by molar-refractivity contribution is 6.37. The number of nitrogens with zero attached hydrogens (tertiary/aromatic N) is 1. The van der Waals surface area contributed by atoms with Gasteiger partial charge >= 0.3 is 0 Å². The maximum atomic E-state index is 13.6. The number of hydrogen-bond acceptors (Lipinski definition) is 4. The van der Waals surface area contributed by atoms with Crippen molar-refractivity contribution < 1.29 is 14.3 Å². The van der Waals surface area contributed by atoms with E-state index in [1.165, 1.54) is 4.90 Å². The molecule has 32 heavy (non-hydrogen) atoms. The molecule has 6 heteroatoms. The first-order valence-electron chi connectivity index (χ1n) is 10.2. The van der Waals surface area contributed by atoms with Crippen molar-refractivity contribution in [1.82, 2.24) is 4.90 Å². The topological polar surface area (TPSA) is 58.6 Å². The van der Waals surface area contributed by atoms with Gasteiger partial charge < -0.3 is 10.1 Å². The minimum absolute atomic E-state index is 0.0862. The van der Waals surface area contributed by atoms with Gasteiger partial charge in [0.25, 0.3) is 11.8 Å². The minimum atomic E-state index is -0.407. The summed E-state index contributed by atoms with van der Waals surface area (Å²) in [5.41, 5.74) is 4.58. The zero-order chi connectivity index (χ0) is 22.8. The first-order valence-corrected chi connectivity index (χ1v) is 10.6. The third-order valence-corrected chi connectivity index (χ3v) is 5.84. The summed E-state index contributed by atoms with van der Waals surface area (Å²) in [5.74, 6) is -0.195. The molecule has 0 fully saturated rings. The van der Waals surface area contributed by atoms with E-state index >= 15 is 0 Å². The lowest BCUT2D eigenvalue weighted by atomic mass is 9.97. The molecule has 162 valence electrons. The fourth-order valence-corrected chi connectivity index (χ4v) is 4.05. The zero-order valence-electron chi connectivity index (χ0n) is 18.1. The van der Waals surface area contributed by atoms with Crippen LogP contribution in [0.25, 0.3) is 5.57 Å². The predicted molar refractivity (Wildman–Crippen MR) is 126 cm³/mol. The number of methoxy groups -OCH3 is 1. The van der Waals surface area contributed by atoms with Crippen LogP contribution in [0.3, 0.4) is 0 Å². The molecule has 1 N–H and O–H groups in total. The molecule has 3 aromatic carbocycles. The van der Waals surface area contributed by atoms with Gasteiger partial charge in [0.15, 0.2) is 0 Å². The number of rotatable bonds is 6. The Labute approximate surface area is 192 Å². The molecule has 1 heterocycles. The maximum absolute atomic E-state index is 13.6. The second kappa shape index (κ2) is 8.89. The summed E-state index contributed by atoms with van der Waals surface area (Å²) in [5, 5.41) is 3.68. The fourth-order valence-electron chi connectivity index (χ4n) is 3.86. The van der Waals surface area contributed by atoms with E-state index in [2.05, 4.69) is 5.32 Å². The molecule has 0 bridgehead atoms. The fraction of sp³-hybridized carbons (Fsp3) is 0.154. The van der Waals surface area contributed by atoms with Gasteiger partial charge in [-0.1, -0.05) is 65.7 Å². The molecule has 0 atom stereocenters. The van der Waals surface area contributed by atoms with Gasteiger partial charge in [-0.25, -0.2) is 0 Å². The van der Waals surface area contributed by atoms with Crippen molar-refractivity contribution in [2.45, 2.75) is 20.4 Å². The van der Waals surface area contributed by atoms with Gasteiger partial charge in [0.1, 0.15) is 11.4 Å². The van der Waals surface area contributed by atoms with Crippen molar-refractivity contribution in [2.24, 2.45) is 0 Å². The molecule has 3 aromatic rings. The molecule has 0 saturated carbocycles. The van der Waals surface area contributed by atoms with E-state index in [-0.39, 0.29) is 18.1 Å². The van der Waals surface area contributed by atoms with Crippen LogP contribution in [0.1, 0.15) is 22.3 Å². The Kier molecular flexibility index (Phi) is 6.01. The van der Waals surface area contributed by atoms with Crippen molar-refractivity contribution in [3.05, 3.63) is 99.7 Å². The predicted octanol–water partition coefficient (Wildman–Crippen LogP) is 5.36. The number of para-hydroxylation sites is 2. The van der Waals surface area contributed by atoms with Crippen molar-refractivity contribution in [3.8, 4) is 5.75 Å². The van der Waals surface area contributed by atoms with Crippen molar-refractivity contribution >= 4 is 34.7 Å². The Morgan fingerprint density at radius 1 is 0.938 bits per heavy atom. The SMILES string of the molecule is COc1ccccc1NC1=C(c2ccc(C)cc2C)C(=O)N(Cc2ccccc2Cl)C1=O. The number of hydrogen-bond donors (Lipinski definition) is 1. The molecule has 0 spiro atoms. The van der Waals surface area contributed by atoms with E-state index in [0.29, 0.717) is 33.2 Å². The zero-order valence-corrected chi connectivity index (χ0v) is 18.9. The van der Waals surface area contributed by atoms with Crippen molar-refractivity contribution in [3.63, 3.8) is 0 Å². The first kappa shape index (κ1) is 21.7. The van der Waals surface area contributed by atoms with E-state index < -0.39 is 5.91 Å². The van der Waals surface area contributed by atoms with E-state index in [1.54, 1.807) is 25.3 Å². The summed E-state index contributed by atoms with van der Waals surface area (Å²) >= 11 is 6.30. The number of amides is 2. The second-order valence-corrected chi connectivity index (χ2v) is 8.09. The van der Waals surface area contributed by atoms with Crippen LogP contribution in [0.5, 0.6) is 5.75 Å². The third kappa shape index (κ3) is 3.99. The Bertz CT molecular complexity index is 1250. The van der Waals surface area contributed by atoms with Gasteiger partial charge in [0.05, 0.1) is 24.9 Å². The summed E-state index contributed by atoms with van der Waals surface area (Å²) in [6, 6.07) is 20.3. The number of carbonyl (C=O) groups is 2. The normalized spacial score (nSPS) is 13.7. The molecule has 1 aliphatic heterocycles. The number of halogens is 1. The highest BCUT2D eigenvalue weighted by atomic mass is 35.5. The van der Waals surface area contributed by atoms with E-state index in [4.69, 9.17) is 16.3 Å². The van der Waals surface area contributed by atoms with Gasteiger partial charge in [-0.05, 0) is 48.7 Å². The molecular formula is C26H23ClN2O3. The minimum Gasteiger partial charge on any atom is -0.495 e. The summed E-state index contributed by atoms with van der Waals surface area (Å²) < 4.78 is 5.42. The van der Waals surface area contributed by atoms with Crippen LogP contribution in [0, 0.1) is 13.8 Å². The number of imide groups is 1. The smallest absolute Gasteiger partial charge is 0.278 e. The van der Waals surface area contributed by atoms with Crippen LogP contribution < -0.4 is 10.1 Å². The maximum Gasteiger partial charge on any atom is 0.278 e. The van der Waals surface area contributed by atoms with Gasteiger partial charge in [-0.2, -0.15) is 0 Å². The summed E-state index contributed by atoms with van der Waals surface area (Å²) in [6.45, 7) is 4.01. The summed E-state index contributed by atoms with van der Waals surface area (Å²) in [7, 11) is 1.56. The molecular weight excluding hydrogens is 424 g/mol. The monoisotopic (exact) mass is 446 g/mol. The Balaban J connectivity index is 1.81. The lowest BCUT2D eigenvalue weighted by Gasteiger charge is -2.16. The number of carbonyl (C=O) groups excluding carboxylic acids is 2. The van der Waals surface area contributed by atoms with Crippen molar-refractivity contribution in [1.29, 1.82) is 0 Å². The second-order valence-electron chi connectivity index (χ2n) is 7.68. The van der Waals surface area contributed by atoms with Crippen LogP contribution in [0.4, 0.5) is 5.69 Å². The van der Waals surface area contributed by atoms with Gasteiger partial charge in [0.2, 0.25) is 0 Å². The Hall–Kier alpha value is -3.57. The summed E-state index contributed by atoms with van der Waals surface area (Å²) in [6.07, 6.45) is 0. The molecule has 0 radical (unpaired) electrons.